The Kier molecular flexibility index (Phi) is 2.50. The van der Waals surface area contributed by atoms with Gasteiger partial charge in [0.05, 0.1) is 10.5 Å². The molecular weight excluding hydrogens is 198 g/mol. The summed E-state index contributed by atoms with van der Waals surface area (Å²) >= 11 is 0. The molecule has 0 aliphatic heterocycles. The van der Waals surface area contributed by atoms with Crippen LogP contribution in [0.3, 0.4) is 0 Å². The molecule has 0 atom stereocenters. The molecule has 7 heteroatoms. The van der Waals surface area contributed by atoms with Crippen LogP contribution in [0.25, 0.3) is 0 Å². The molecule has 1 aromatic carbocycles. The van der Waals surface area contributed by atoms with Crippen LogP contribution in [-0.2, 0) is 6.18 Å². The van der Waals surface area contributed by atoms with Gasteiger partial charge in [-0.25, -0.2) is 0 Å². The normalized spacial score (nSPS) is 11.4. The van der Waals surface area contributed by atoms with Crippen LogP contribution in [0.1, 0.15) is 5.56 Å². The summed E-state index contributed by atoms with van der Waals surface area (Å²) in [4.78, 5) is 9.29. The van der Waals surface area contributed by atoms with Crippen molar-refractivity contribution in [3.63, 3.8) is 0 Å². The highest BCUT2D eigenvalue weighted by molar-refractivity contribution is 6.32. The lowest BCUT2D eigenvalue weighted by Gasteiger charge is -2.06. The molecule has 0 aromatic heterocycles. The van der Waals surface area contributed by atoms with E-state index >= 15 is 0 Å². The minimum absolute atomic E-state index is 0.286. The number of non-ortho nitro benzene ring substituents is 1. The van der Waals surface area contributed by atoms with Crippen molar-refractivity contribution in [2.75, 3.05) is 0 Å². The van der Waals surface area contributed by atoms with Gasteiger partial charge in [0.2, 0.25) is 0 Å². The number of alkyl halides is 3. The zero-order valence-electron chi connectivity index (χ0n) is 6.71. The second-order valence-corrected chi connectivity index (χ2v) is 2.57. The summed E-state index contributed by atoms with van der Waals surface area (Å²) in [6.07, 6.45) is -4.62. The van der Waals surface area contributed by atoms with Gasteiger partial charge in [-0.15, -0.1) is 0 Å². The van der Waals surface area contributed by atoms with Crippen molar-refractivity contribution in [2.24, 2.45) is 0 Å². The fourth-order valence-electron chi connectivity index (χ4n) is 0.904. The Labute approximate surface area is 78.1 Å². The number of benzene rings is 1. The molecule has 0 bridgehead atoms. The molecule has 1 rings (SSSR count). The van der Waals surface area contributed by atoms with E-state index in [1.54, 1.807) is 0 Å². The summed E-state index contributed by atoms with van der Waals surface area (Å²) in [5, 5.41) is 10.2. The van der Waals surface area contributed by atoms with Crippen molar-refractivity contribution in [3.8, 4) is 0 Å². The van der Waals surface area contributed by atoms with Crippen LogP contribution >= 0.6 is 0 Å². The molecule has 14 heavy (non-hydrogen) atoms. The monoisotopic (exact) mass is 201 g/mol. The zero-order chi connectivity index (χ0) is 10.9. The third kappa shape index (κ3) is 2.24. The van der Waals surface area contributed by atoms with Crippen molar-refractivity contribution in [3.05, 3.63) is 33.9 Å². The van der Waals surface area contributed by atoms with E-state index in [4.69, 9.17) is 7.85 Å². The lowest BCUT2D eigenvalue weighted by molar-refractivity contribution is -0.385. The predicted octanol–water partition coefficient (Wildman–Crippen LogP) is 1.41. The van der Waals surface area contributed by atoms with Gasteiger partial charge in [0.1, 0.15) is 7.85 Å². The standard InChI is InChI=1S/C7H3BF3NO2/c8-5-1-4(7(9,10)11)2-6(3-5)12(13)14/h1-3H. The average molecular weight is 201 g/mol. The van der Waals surface area contributed by atoms with Gasteiger partial charge in [-0.05, 0) is 0 Å². The van der Waals surface area contributed by atoms with Gasteiger partial charge in [-0.1, -0.05) is 11.5 Å². The van der Waals surface area contributed by atoms with Gasteiger partial charge >= 0.3 is 6.18 Å². The number of halogens is 3. The Bertz CT molecular complexity index is 378. The maximum Gasteiger partial charge on any atom is 0.416 e. The first-order chi connectivity index (χ1) is 6.30. The van der Waals surface area contributed by atoms with Crippen molar-refractivity contribution in [2.45, 2.75) is 6.18 Å². The topological polar surface area (TPSA) is 43.1 Å². The highest BCUT2D eigenvalue weighted by Crippen LogP contribution is 2.30. The number of hydrogen-bond acceptors (Lipinski definition) is 2. The first-order valence-electron chi connectivity index (χ1n) is 3.43. The Morgan fingerprint density at radius 2 is 1.86 bits per heavy atom. The van der Waals surface area contributed by atoms with Gasteiger partial charge in [0.25, 0.3) is 5.69 Å². The summed E-state index contributed by atoms with van der Waals surface area (Å²) in [6.45, 7) is 0. The van der Waals surface area contributed by atoms with E-state index in [0.717, 1.165) is 6.07 Å². The van der Waals surface area contributed by atoms with Crippen LogP contribution in [0, 0.1) is 10.1 Å². The molecule has 0 N–H and O–H groups in total. The smallest absolute Gasteiger partial charge is 0.258 e. The van der Waals surface area contributed by atoms with Gasteiger partial charge in [-0.3, -0.25) is 10.1 Å². The van der Waals surface area contributed by atoms with E-state index in [1.165, 1.54) is 0 Å². The molecule has 72 valence electrons. The van der Waals surface area contributed by atoms with E-state index in [0.29, 0.717) is 12.1 Å². The van der Waals surface area contributed by atoms with Gasteiger partial charge in [0, 0.05) is 12.1 Å². The number of rotatable bonds is 1. The molecule has 0 aliphatic rings. The SMILES string of the molecule is [B]c1cc([N+](=O)[O-])cc(C(F)(F)F)c1. The molecule has 3 nitrogen and oxygen atoms in total. The minimum atomic E-state index is -4.62. The number of nitro benzene ring substituents is 1. The van der Waals surface area contributed by atoms with Gasteiger partial charge in [-0.2, -0.15) is 13.2 Å². The van der Waals surface area contributed by atoms with Crippen LogP contribution in [0.2, 0.25) is 0 Å². The second-order valence-electron chi connectivity index (χ2n) is 2.57. The van der Waals surface area contributed by atoms with Crippen molar-refractivity contribution in [1.29, 1.82) is 0 Å². The Morgan fingerprint density at radius 3 is 2.29 bits per heavy atom. The number of nitrogens with zero attached hydrogens (tertiary/aromatic N) is 1. The molecule has 0 spiro atoms. The first-order valence-corrected chi connectivity index (χ1v) is 3.43. The van der Waals surface area contributed by atoms with Crippen molar-refractivity contribution >= 4 is 19.0 Å². The van der Waals surface area contributed by atoms with Gasteiger partial charge < -0.3 is 0 Å². The van der Waals surface area contributed by atoms with Crippen molar-refractivity contribution in [1.82, 2.24) is 0 Å². The lowest BCUT2D eigenvalue weighted by atomic mass is 9.93. The van der Waals surface area contributed by atoms with E-state index in [9.17, 15) is 23.3 Å². The van der Waals surface area contributed by atoms with Crippen LogP contribution in [0.15, 0.2) is 18.2 Å². The minimum Gasteiger partial charge on any atom is -0.258 e. The molecule has 0 aliphatic carbocycles. The molecule has 0 unspecified atom stereocenters. The van der Waals surface area contributed by atoms with E-state index < -0.39 is 22.4 Å². The van der Waals surface area contributed by atoms with Crippen molar-refractivity contribution < 1.29 is 18.1 Å². The largest absolute Gasteiger partial charge is 0.416 e. The van der Waals surface area contributed by atoms with Gasteiger partial charge in [0.15, 0.2) is 0 Å². The predicted molar refractivity (Wildman–Crippen MR) is 43.5 cm³/mol. The third-order valence-corrected chi connectivity index (χ3v) is 1.48. The van der Waals surface area contributed by atoms with Crippen LogP contribution in [0.4, 0.5) is 18.9 Å². The summed E-state index contributed by atoms with van der Waals surface area (Å²) in [5.74, 6) is 0. The molecule has 2 radical (unpaired) electrons. The van der Waals surface area contributed by atoms with Crippen LogP contribution in [0.5, 0.6) is 0 Å². The Morgan fingerprint density at radius 1 is 1.29 bits per heavy atom. The summed E-state index contributed by atoms with van der Waals surface area (Å²) in [6, 6.07) is 1.96. The quantitative estimate of drug-likeness (QED) is 0.391. The summed E-state index contributed by atoms with van der Waals surface area (Å²) in [5.41, 5.74) is -2.08. The number of hydrogen-bond donors (Lipinski definition) is 0. The van der Waals surface area contributed by atoms with Crippen LogP contribution < -0.4 is 5.46 Å². The molecule has 0 heterocycles. The third-order valence-electron chi connectivity index (χ3n) is 1.48. The van der Waals surface area contributed by atoms with E-state index in [2.05, 4.69) is 0 Å². The summed E-state index contributed by atoms with van der Waals surface area (Å²) in [7, 11) is 5.09. The fourth-order valence-corrected chi connectivity index (χ4v) is 0.904. The zero-order valence-corrected chi connectivity index (χ0v) is 6.71. The maximum absolute atomic E-state index is 12.1. The Hall–Kier alpha value is -1.53. The highest BCUT2D eigenvalue weighted by Gasteiger charge is 2.32. The molecule has 0 saturated carbocycles. The molecule has 0 saturated heterocycles. The first kappa shape index (κ1) is 10.6. The molecular formula is C7H3BF3NO2. The lowest BCUT2D eigenvalue weighted by Crippen LogP contribution is -2.12. The second kappa shape index (κ2) is 3.32. The van der Waals surface area contributed by atoms with E-state index in [-0.39, 0.29) is 5.46 Å². The number of nitro groups is 1. The molecule has 0 fully saturated rings. The molecule has 0 amide bonds. The molecule has 1 aromatic rings. The fraction of sp³-hybridized carbons (Fsp3) is 0.143. The maximum atomic E-state index is 12.1. The highest BCUT2D eigenvalue weighted by atomic mass is 19.4. The average Bonchev–Trinajstić information content (AvgIpc) is 2.01. The Balaban J connectivity index is 3.28. The summed E-state index contributed by atoms with van der Waals surface area (Å²) < 4.78 is 36.4. The van der Waals surface area contributed by atoms with Crippen LogP contribution in [-0.4, -0.2) is 12.8 Å². The van der Waals surface area contributed by atoms with E-state index in [1.807, 2.05) is 0 Å².